The molecule has 0 amide bonds. The molecule has 0 bridgehead atoms. The molecule has 0 unspecified atom stereocenters. The van der Waals surface area contributed by atoms with E-state index in [1.807, 2.05) is 31.2 Å². The molecule has 0 spiro atoms. The third-order valence-electron chi connectivity index (χ3n) is 2.29. The van der Waals surface area contributed by atoms with E-state index >= 15 is 0 Å². The lowest BCUT2D eigenvalue weighted by Crippen LogP contribution is -1.94. The third-order valence-corrected chi connectivity index (χ3v) is 2.56. The summed E-state index contributed by atoms with van der Waals surface area (Å²) in [5.74, 6) is 0.507. The zero-order valence-electron chi connectivity index (χ0n) is 9.07. The van der Waals surface area contributed by atoms with Crippen LogP contribution < -0.4 is 4.74 Å². The van der Waals surface area contributed by atoms with Crippen LogP contribution in [0.5, 0.6) is 5.75 Å². The first kappa shape index (κ1) is 10.9. The van der Waals surface area contributed by atoms with Crippen molar-refractivity contribution in [3.8, 4) is 17.0 Å². The molecule has 0 saturated carbocycles. The summed E-state index contributed by atoms with van der Waals surface area (Å²) in [7, 11) is 1.56. The van der Waals surface area contributed by atoms with Crippen LogP contribution in [0.4, 0.5) is 0 Å². The van der Waals surface area contributed by atoms with Gasteiger partial charge in [-0.05, 0) is 6.92 Å². The Bertz CT molecular complexity index is 497. The third kappa shape index (κ3) is 1.99. The van der Waals surface area contributed by atoms with E-state index in [1.165, 1.54) is 11.9 Å². The van der Waals surface area contributed by atoms with Crippen LogP contribution >= 0.6 is 11.6 Å². The minimum absolute atomic E-state index is 0.327. The molecule has 16 heavy (non-hydrogen) atoms. The van der Waals surface area contributed by atoms with Gasteiger partial charge in [-0.3, -0.25) is 0 Å². The number of aryl methyl sites for hydroxylation is 1. The minimum atomic E-state index is 0.327. The molecule has 1 heterocycles. The van der Waals surface area contributed by atoms with Gasteiger partial charge in [-0.1, -0.05) is 41.4 Å². The van der Waals surface area contributed by atoms with E-state index in [9.17, 15) is 0 Å². The number of aromatic nitrogens is 2. The molecular formula is C12H11ClN2O. The molecule has 0 aliphatic heterocycles. The first-order valence-corrected chi connectivity index (χ1v) is 5.21. The number of ether oxygens (including phenoxy) is 1. The van der Waals surface area contributed by atoms with Gasteiger partial charge in [-0.2, -0.15) is 0 Å². The Kier molecular flexibility index (Phi) is 3.06. The summed E-state index contributed by atoms with van der Waals surface area (Å²) >= 11 is 5.93. The number of benzene rings is 1. The van der Waals surface area contributed by atoms with Gasteiger partial charge in [0.15, 0.2) is 10.9 Å². The average Bonchev–Trinajstić information content (AvgIpc) is 2.30. The molecule has 4 heteroatoms. The lowest BCUT2D eigenvalue weighted by Gasteiger charge is -2.08. The zero-order valence-corrected chi connectivity index (χ0v) is 9.82. The van der Waals surface area contributed by atoms with Crippen LogP contribution in [0.1, 0.15) is 5.56 Å². The molecule has 0 aliphatic carbocycles. The highest BCUT2D eigenvalue weighted by atomic mass is 35.5. The SMILES string of the molecule is COc1c(Cl)ncnc1-c1ccc(C)cc1. The van der Waals surface area contributed by atoms with E-state index in [-0.39, 0.29) is 0 Å². The summed E-state index contributed by atoms with van der Waals surface area (Å²) in [6.45, 7) is 2.04. The van der Waals surface area contributed by atoms with Crippen molar-refractivity contribution in [1.82, 2.24) is 9.97 Å². The van der Waals surface area contributed by atoms with Gasteiger partial charge in [-0.15, -0.1) is 0 Å². The molecule has 0 saturated heterocycles. The van der Waals surface area contributed by atoms with Gasteiger partial charge in [0.2, 0.25) is 0 Å². The molecule has 82 valence electrons. The maximum atomic E-state index is 5.93. The van der Waals surface area contributed by atoms with Crippen molar-refractivity contribution in [3.05, 3.63) is 41.3 Å². The van der Waals surface area contributed by atoms with Crippen molar-refractivity contribution >= 4 is 11.6 Å². The van der Waals surface area contributed by atoms with Crippen LogP contribution in [0.25, 0.3) is 11.3 Å². The Morgan fingerprint density at radius 1 is 1.12 bits per heavy atom. The molecule has 1 aromatic heterocycles. The number of halogens is 1. The Hall–Kier alpha value is -1.61. The quantitative estimate of drug-likeness (QED) is 0.749. The highest BCUT2D eigenvalue weighted by molar-refractivity contribution is 6.31. The van der Waals surface area contributed by atoms with E-state index in [0.29, 0.717) is 16.6 Å². The molecule has 0 aliphatic rings. The van der Waals surface area contributed by atoms with Crippen molar-refractivity contribution in [2.75, 3.05) is 7.11 Å². The number of methoxy groups -OCH3 is 1. The lowest BCUT2D eigenvalue weighted by molar-refractivity contribution is 0.413. The van der Waals surface area contributed by atoms with Crippen LogP contribution in [0.2, 0.25) is 5.15 Å². The molecule has 0 N–H and O–H groups in total. The predicted octanol–water partition coefficient (Wildman–Crippen LogP) is 3.11. The number of hydrogen-bond acceptors (Lipinski definition) is 3. The van der Waals surface area contributed by atoms with Gasteiger partial charge in [0, 0.05) is 5.56 Å². The Balaban J connectivity index is 2.55. The van der Waals surface area contributed by atoms with Crippen molar-refractivity contribution in [3.63, 3.8) is 0 Å². The van der Waals surface area contributed by atoms with Crippen LogP contribution in [-0.4, -0.2) is 17.1 Å². The van der Waals surface area contributed by atoms with Crippen LogP contribution in [-0.2, 0) is 0 Å². The van der Waals surface area contributed by atoms with Gasteiger partial charge in [0.1, 0.15) is 12.0 Å². The average molecular weight is 235 g/mol. The molecule has 0 atom stereocenters. The Morgan fingerprint density at radius 3 is 2.44 bits per heavy atom. The molecule has 0 fully saturated rings. The van der Waals surface area contributed by atoms with Gasteiger partial charge < -0.3 is 4.74 Å². The fraction of sp³-hybridized carbons (Fsp3) is 0.167. The Labute approximate surface area is 99.1 Å². The summed E-state index contributed by atoms with van der Waals surface area (Å²) < 4.78 is 5.20. The number of hydrogen-bond donors (Lipinski definition) is 0. The summed E-state index contributed by atoms with van der Waals surface area (Å²) in [6.07, 6.45) is 1.43. The van der Waals surface area contributed by atoms with E-state index < -0.39 is 0 Å². The molecular weight excluding hydrogens is 224 g/mol. The number of nitrogens with zero attached hydrogens (tertiary/aromatic N) is 2. The lowest BCUT2D eigenvalue weighted by atomic mass is 10.1. The largest absolute Gasteiger partial charge is 0.491 e. The fourth-order valence-electron chi connectivity index (χ4n) is 1.45. The second-order valence-electron chi connectivity index (χ2n) is 3.41. The summed E-state index contributed by atoms with van der Waals surface area (Å²) in [5, 5.41) is 0.327. The summed E-state index contributed by atoms with van der Waals surface area (Å²) in [5.41, 5.74) is 2.87. The maximum Gasteiger partial charge on any atom is 0.182 e. The zero-order chi connectivity index (χ0) is 11.5. The topological polar surface area (TPSA) is 35.0 Å². The summed E-state index contributed by atoms with van der Waals surface area (Å²) in [6, 6.07) is 8.00. The molecule has 0 radical (unpaired) electrons. The molecule has 3 nitrogen and oxygen atoms in total. The van der Waals surface area contributed by atoms with Crippen molar-refractivity contribution in [2.45, 2.75) is 6.92 Å². The molecule has 2 aromatic rings. The van der Waals surface area contributed by atoms with Crippen LogP contribution in [0.15, 0.2) is 30.6 Å². The van der Waals surface area contributed by atoms with E-state index in [4.69, 9.17) is 16.3 Å². The highest BCUT2D eigenvalue weighted by Crippen LogP contribution is 2.32. The van der Waals surface area contributed by atoms with Crippen LogP contribution in [0, 0.1) is 6.92 Å². The molecule has 2 rings (SSSR count). The van der Waals surface area contributed by atoms with Crippen molar-refractivity contribution in [1.29, 1.82) is 0 Å². The minimum Gasteiger partial charge on any atom is -0.491 e. The van der Waals surface area contributed by atoms with Gasteiger partial charge in [0.25, 0.3) is 0 Å². The molecule has 1 aromatic carbocycles. The number of rotatable bonds is 2. The smallest absolute Gasteiger partial charge is 0.182 e. The first-order valence-electron chi connectivity index (χ1n) is 4.84. The monoisotopic (exact) mass is 234 g/mol. The maximum absolute atomic E-state index is 5.93. The van der Waals surface area contributed by atoms with Crippen LogP contribution in [0.3, 0.4) is 0 Å². The second kappa shape index (κ2) is 4.49. The van der Waals surface area contributed by atoms with Gasteiger partial charge in [-0.25, -0.2) is 9.97 Å². The highest BCUT2D eigenvalue weighted by Gasteiger charge is 2.11. The fourth-order valence-corrected chi connectivity index (χ4v) is 1.66. The Morgan fingerprint density at radius 2 is 1.81 bits per heavy atom. The van der Waals surface area contributed by atoms with E-state index in [2.05, 4.69) is 9.97 Å². The summed E-state index contributed by atoms with van der Waals surface area (Å²) in [4.78, 5) is 8.07. The normalized spacial score (nSPS) is 10.2. The van der Waals surface area contributed by atoms with Gasteiger partial charge >= 0.3 is 0 Å². The van der Waals surface area contributed by atoms with Crippen molar-refractivity contribution < 1.29 is 4.74 Å². The first-order chi connectivity index (χ1) is 7.72. The van der Waals surface area contributed by atoms with E-state index in [0.717, 1.165) is 5.56 Å². The van der Waals surface area contributed by atoms with E-state index in [1.54, 1.807) is 7.11 Å². The van der Waals surface area contributed by atoms with Gasteiger partial charge in [0.05, 0.1) is 7.11 Å². The standard InChI is InChI=1S/C12H11ClN2O/c1-8-3-5-9(6-4-8)10-11(16-2)12(13)15-7-14-10/h3-7H,1-2H3. The van der Waals surface area contributed by atoms with Crippen molar-refractivity contribution in [2.24, 2.45) is 0 Å². The predicted molar refractivity (Wildman–Crippen MR) is 63.8 cm³/mol. The second-order valence-corrected chi connectivity index (χ2v) is 3.77.